The van der Waals surface area contributed by atoms with Gasteiger partial charge in [0.2, 0.25) is 0 Å². The summed E-state index contributed by atoms with van der Waals surface area (Å²) in [4.78, 5) is 0. The number of rotatable bonds is 4. The number of benzene rings is 2. The molecule has 0 radical (unpaired) electrons. The molecule has 0 aliphatic carbocycles. The van der Waals surface area contributed by atoms with Gasteiger partial charge in [-0.2, -0.15) is 5.26 Å². The van der Waals surface area contributed by atoms with Crippen LogP contribution in [0.15, 0.2) is 42.5 Å². The Bertz CT molecular complexity index is 620. The van der Waals surface area contributed by atoms with Crippen LogP contribution < -0.4 is 4.74 Å². The summed E-state index contributed by atoms with van der Waals surface area (Å²) in [6.45, 7) is 0.120. The zero-order chi connectivity index (χ0) is 13.7. The summed E-state index contributed by atoms with van der Waals surface area (Å²) in [5.74, 6) is 0.155. The van der Waals surface area contributed by atoms with Crippen molar-refractivity contribution in [2.45, 2.75) is 13.2 Å². The minimum atomic E-state index is -0.442. The first-order valence-corrected chi connectivity index (χ1v) is 5.74. The number of ether oxygens (including phenoxy) is 1. The maximum absolute atomic E-state index is 13.0. The highest BCUT2D eigenvalue weighted by Crippen LogP contribution is 2.17. The predicted molar refractivity (Wildman–Crippen MR) is 67.8 cm³/mol. The van der Waals surface area contributed by atoms with Gasteiger partial charge in [-0.1, -0.05) is 18.2 Å². The summed E-state index contributed by atoms with van der Waals surface area (Å²) in [7, 11) is 0. The zero-order valence-electron chi connectivity index (χ0n) is 10.1. The molecule has 0 unspecified atom stereocenters. The van der Waals surface area contributed by atoms with Crippen molar-refractivity contribution < 1.29 is 14.2 Å². The number of aliphatic hydroxyl groups excluding tert-OH is 1. The number of nitriles is 1. The van der Waals surface area contributed by atoms with Gasteiger partial charge >= 0.3 is 0 Å². The van der Waals surface area contributed by atoms with Gasteiger partial charge in [-0.3, -0.25) is 0 Å². The van der Waals surface area contributed by atoms with Crippen LogP contribution in [0, 0.1) is 17.1 Å². The lowest BCUT2D eigenvalue weighted by Gasteiger charge is -2.08. The summed E-state index contributed by atoms with van der Waals surface area (Å²) >= 11 is 0. The molecule has 0 saturated carbocycles. The lowest BCUT2D eigenvalue weighted by atomic mass is 10.1. The standard InChI is InChI=1S/C15H12FNO2/c16-14-5-4-12(13(7-14)8-17)10-19-15-3-1-2-11(6-15)9-18/h1-7,18H,9-10H2. The topological polar surface area (TPSA) is 53.2 Å². The fraction of sp³-hybridized carbons (Fsp3) is 0.133. The molecule has 1 N–H and O–H groups in total. The number of hydrogen-bond donors (Lipinski definition) is 1. The molecule has 19 heavy (non-hydrogen) atoms. The van der Waals surface area contributed by atoms with Gasteiger partial charge in [0.25, 0.3) is 0 Å². The summed E-state index contributed by atoms with van der Waals surface area (Å²) < 4.78 is 18.5. The number of aliphatic hydroxyl groups is 1. The Morgan fingerprint density at radius 1 is 1.21 bits per heavy atom. The Balaban J connectivity index is 2.12. The van der Waals surface area contributed by atoms with Gasteiger partial charge < -0.3 is 9.84 Å². The third kappa shape index (κ3) is 3.30. The second-order valence-electron chi connectivity index (χ2n) is 4.01. The highest BCUT2D eigenvalue weighted by molar-refractivity contribution is 5.38. The van der Waals surface area contributed by atoms with Crippen LogP contribution in [-0.4, -0.2) is 5.11 Å². The van der Waals surface area contributed by atoms with Gasteiger partial charge in [0.05, 0.1) is 18.2 Å². The first-order chi connectivity index (χ1) is 9.22. The Morgan fingerprint density at radius 2 is 2.05 bits per heavy atom. The molecule has 0 spiro atoms. The Kier molecular flexibility index (Phi) is 4.11. The molecule has 0 aliphatic rings. The van der Waals surface area contributed by atoms with Gasteiger partial charge in [0.15, 0.2) is 0 Å². The van der Waals surface area contributed by atoms with Gasteiger partial charge in [-0.25, -0.2) is 4.39 Å². The van der Waals surface area contributed by atoms with E-state index in [4.69, 9.17) is 15.1 Å². The highest BCUT2D eigenvalue weighted by Gasteiger charge is 2.05. The molecule has 4 heteroatoms. The van der Waals surface area contributed by atoms with Crippen molar-refractivity contribution in [2.75, 3.05) is 0 Å². The molecule has 0 fully saturated rings. The van der Waals surface area contributed by atoms with E-state index in [2.05, 4.69) is 0 Å². The van der Waals surface area contributed by atoms with E-state index in [0.717, 1.165) is 5.56 Å². The van der Waals surface area contributed by atoms with E-state index in [0.29, 0.717) is 11.3 Å². The van der Waals surface area contributed by atoms with Crippen LogP contribution in [0.25, 0.3) is 0 Å². The van der Waals surface area contributed by atoms with E-state index in [9.17, 15) is 4.39 Å². The third-order valence-electron chi connectivity index (χ3n) is 2.67. The maximum atomic E-state index is 13.0. The Labute approximate surface area is 110 Å². The van der Waals surface area contributed by atoms with Crippen molar-refractivity contribution in [1.29, 1.82) is 5.26 Å². The fourth-order valence-corrected chi connectivity index (χ4v) is 1.67. The fourth-order valence-electron chi connectivity index (χ4n) is 1.67. The van der Waals surface area contributed by atoms with Crippen LogP contribution >= 0.6 is 0 Å². The quantitative estimate of drug-likeness (QED) is 0.916. The van der Waals surface area contributed by atoms with Crippen molar-refractivity contribution in [1.82, 2.24) is 0 Å². The minimum absolute atomic E-state index is 0.0583. The van der Waals surface area contributed by atoms with Gasteiger partial charge in [-0.15, -0.1) is 0 Å². The molecule has 0 amide bonds. The first-order valence-electron chi connectivity index (χ1n) is 5.74. The van der Waals surface area contributed by atoms with Crippen LogP contribution in [-0.2, 0) is 13.2 Å². The van der Waals surface area contributed by atoms with Crippen LogP contribution in [0.1, 0.15) is 16.7 Å². The van der Waals surface area contributed by atoms with Crippen molar-refractivity contribution in [3.63, 3.8) is 0 Å². The molecule has 0 aromatic heterocycles. The zero-order valence-corrected chi connectivity index (χ0v) is 10.1. The van der Waals surface area contributed by atoms with Gasteiger partial charge in [0, 0.05) is 5.56 Å². The van der Waals surface area contributed by atoms with Crippen molar-refractivity contribution >= 4 is 0 Å². The van der Waals surface area contributed by atoms with E-state index in [-0.39, 0.29) is 18.8 Å². The second kappa shape index (κ2) is 5.98. The maximum Gasteiger partial charge on any atom is 0.124 e. The average Bonchev–Trinajstić information content (AvgIpc) is 2.46. The molecule has 0 atom stereocenters. The minimum Gasteiger partial charge on any atom is -0.489 e. The van der Waals surface area contributed by atoms with Crippen LogP contribution in [0.3, 0.4) is 0 Å². The smallest absolute Gasteiger partial charge is 0.124 e. The van der Waals surface area contributed by atoms with E-state index in [1.54, 1.807) is 24.3 Å². The SMILES string of the molecule is N#Cc1cc(F)ccc1COc1cccc(CO)c1. The Hall–Kier alpha value is -2.38. The number of nitrogens with zero attached hydrogens (tertiary/aromatic N) is 1. The number of halogens is 1. The number of hydrogen-bond acceptors (Lipinski definition) is 3. The third-order valence-corrected chi connectivity index (χ3v) is 2.67. The lowest BCUT2D eigenvalue weighted by Crippen LogP contribution is -1.99. The largest absolute Gasteiger partial charge is 0.489 e. The van der Waals surface area contributed by atoms with Gasteiger partial charge in [0.1, 0.15) is 18.2 Å². The molecule has 2 aromatic carbocycles. The van der Waals surface area contributed by atoms with Crippen molar-refractivity contribution in [3.05, 3.63) is 65.0 Å². The van der Waals surface area contributed by atoms with Crippen LogP contribution in [0.2, 0.25) is 0 Å². The normalized spacial score (nSPS) is 9.95. The Morgan fingerprint density at radius 3 is 2.79 bits per heavy atom. The molecule has 0 saturated heterocycles. The highest BCUT2D eigenvalue weighted by atomic mass is 19.1. The van der Waals surface area contributed by atoms with E-state index in [1.807, 2.05) is 6.07 Å². The molecule has 3 nitrogen and oxygen atoms in total. The monoisotopic (exact) mass is 257 g/mol. The first kappa shape index (κ1) is 13.1. The van der Waals surface area contributed by atoms with Crippen molar-refractivity contribution in [3.8, 4) is 11.8 Å². The molecule has 2 rings (SSSR count). The molecule has 0 bridgehead atoms. The van der Waals surface area contributed by atoms with E-state index < -0.39 is 5.82 Å². The molecular formula is C15H12FNO2. The average molecular weight is 257 g/mol. The summed E-state index contributed by atoms with van der Waals surface area (Å²) in [5.41, 5.74) is 1.63. The second-order valence-corrected chi connectivity index (χ2v) is 4.01. The van der Waals surface area contributed by atoms with Gasteiger partial charge in [-0.05, 0) is 29.8 Å². The van der Waals surface area contributed by atoms with E-state index in [1.165, 1.54) is 18.2 Å². The summed E-state index contributed by atoms with van der Waals surface area (Å²) in [6, 6.07) is 13.0. The predicted octanol–water partition coefficient (Wildman–Crippen LogP) is 2.77. The molecule has 96 valence electrons. The molecule has 2 aromatic rings. The van der Waals surface area contributed by atoms with E-state index >= 15 is 0 Å². The summed E-state index contributed by atoms with van der Waals surface area (Å²) in [6.07, 6.45) is 0. The van der Waals surface area contributed by atoms with Crippen LogP contribution in [0.5, 0.6) is 5.75 Å². The lowest BCUT2D eigenvalue weighted by molar-refractivity contribution is 0.278. The molecule has 0 aliphatic heterocycles. The molecular weight excluding hydrogens is 245 g/mol. The van der Waals surface area contributed by atoms with Crippen molar-refractivity contribution in [2.24, 2.45) is 0 Å². The summed E-state index contributed by atoms with van der Waals surface area (Å²) in [5, 5.41) is 17.9. The molecule has 0 heterocycles. The van der Waals surface area contributed by atoms with Crippen LogP contribution in [0.4, 0.5) is 4.39 Å².